The number of hydrogen-bond donors (Lipinski definition) is 0. The van der Waals surface area contributed by atoms with Crippen molar-refractivity contribution in [2.45, 2.75) is 172 Å². The summed E-state index contributed by atoms with van der Waals surface area (Å²) in [6, 6.07) is -0.555. The van der Waals surface area contributed by atoms with Gasteiger partial charge in [0.2, 0.25) is 0 Å². The molecule has 3 aliphatic heterocycles. The smallest absolute Gasteiger partial charge is 0.681 e. The van der Waals surface area contributed by atoms with E-state index >= 15 is 0 Å². The normalized spacial score (nSPS) is 25.3. The van der Waals surface area contributed by atoms with Crippen LogP contribution in [0.5, 0.6) is 0 Å². The summed E-state index contributed by atoms with van der Waals surface area (Å²) in [7, 11) is 1.29. The Bertz CT molecular complexity index is 2330. The molecule has 2 unspecified atom stereocenters. The monoisotopic (exact) mass is 913 g/mol. The van der Waals surface area contributed by atoms with Crippen molar-refractivity contribution in [1.82, 2.24) is 9.97 Å². The third-order valence-electron chi connectivity index (χ3n) is 15.1. The number of carbonyl (C=O) groups excluding carboxylic acids is 4. The second-order valence-corrected chi connectivity index (χ2v) is 20.5. The summed E-state index contributed by atoms with van der Waals surface area (Å²) in [4.78, 5) is 64.9. The molecule has 8 atom stereocenters. The zero-order chi connectivity index (χ0) is 47.3. The third kappa shape index (κ3) is 11.9. The Labute approximate surface area is 411 Å². The van der Waals surface area contributed by atoms with Gasteiger partial charge in [-0.3, -0.25) is 19.2 Å². The molecule has 0 radical (unpaired) electrons. The molecular weight excluding hydrogens is 837 g/mol. The first-order valence-corrected chi connectivity index (χ1v) is 24.8. The summed E-state index contributed by atoms with van der Waals surface area (Å²) in [5, 5.41) is 11.7. The second kappa shape index (κ2) is 23.5. The summed E-state index contributed by atoms with van der Waals surface area (Å²) in [5.74, 6) is -0.604. The van der Waals surface area contributed by atoms with Crippen LogP contribution in [0, 0.1) is 55.3 Å². The van der Waals surface area contributed by atoms with E-state index in [1.807, 2.05) is 32.1 Å². The first kappa shape index (κ1) is 53.1. The maximum Gasteiger partial charge on any atom is 2.00 e. The minimum atomic E-state index is -1.22. The molecule has 0 saturated carbocycles. The van der Waals surface area contributed by atoms with E-state index in [1.54, 1.807) is 6.92 Å². The standard InChI is InChI=1S/C55H77N4O6.Mg/c1-13-39-34(7)41-29-46-48(38(11)60)36(9)43(57-46)27-42-35(8)40(52(58-42)50-51(55(63)64-12)54(62)49-37(10)44(59-53(49)50)28-45(39)56-41)23-24-47(61)65-26-25-33(6)22-16-21-32(5)20-15-19-31(4)18-14-17-30(2)3;/h25,27,29-32,35,39-40,42,45,51H,13-24,26,28H2,1-12H3,(H-,58,59,62);/q-3;+2/p-1/b33-25+,43-27-,46-29-;/t31-,32-,35+,39-,40+,42?,45?,51-;/m1./s1. The van der Waals surface area contributed by atoms with Crippen molar-refractivity contribution in [3.63, 3.8) is 0 Å². The number of ether oxygens (including phenoxy) is 2. The minimum absolute atomic E-state index is 0. The number of carbonyl (C=O) groups is 4. The van der Waals surface area contributed by atoms with Crippen molar-refractivity contribution in [3.8, 4) is 0 Å². The molecule has 1 aliphatic carbocycles. The first-order valence-electron chi connectivity index (χ1n) is 24.8. The average Bonchev–Trinajstić information content (AvgIpc) is 4.00. The van der Waals surface area contributed by atoms with E-state index in [-0.39, 0.29) is 77.4 Å². The molecule has 66 heavy (non-hydrogen) atoms. The SMILES string of the molecule is CC[C@@H]1C(C)=C2/C=c3\[n-]/c(c(C)c3C(C)=O)=C\C3[N-]/C(=C4\c5[n-]c(c(C)c5C(=O)[C@@H]4C(=O)OC)CC1[N-]2)[C@@H](CCC(=O)OC/C=C(\C)CCC[C@H](C)CCC[C@H](C)CCCC(C)C)[C@@H]3C.[Mg+2]. The number of fused-ring (bicyclic) bond motifs is 7. The molecule has 5 heterocycles. The molecule has 6 rings (SSSR count). The van der Waals surface area contributed by atoms with Crippen LogP contribution in [0.4, 0.5) is 0 Å². The molecular formula is C55H76MgN4O6-2. The summed E-state index contributed by atoms with van der Waals surface area (Å²) in [6.45, 7) is 23.4. The van der Waals surface area contributed by atoms with Crippen LogP contribution in [0.3, 0.4) is 0 Å². The van der Waals surface area contributed by atoms with Crippen molar-refractivity contribution >= 4 is 64.3 Å². The van der Waals surface area contributed by atoms with Crippen molar-refractivity contribution < 1.29 is 28.7 Å². The maximum atomic E-state index is 14.4. The minimum Gasteiger partial charge on any atom is -0.681 e. The van der Waals surface area contributed by atoms with E-state index in [9.17, 15) is 19.2 Å². The number of ketones is 2. The molecule has 10 nitrogen and oxygen atoms in total. The van der Waals surface area contributed by atoms with Crippen LogP contribution in [0.1, 0.15) is 183 Å². The van der Waals surface area contributed by atoms with Crippen LogP contribution in [0.15, 0.2) is 28.6 Å². The topological polar surface area (TPSA) is 143 Å². The molecule has 0 amide bonds. The van der Waals surface area contributed by atoms with Gasteiger partial charge in [-0.05, 0) is 95.5 Å². The van der Waals surface area contributed by atoms with Crippen molar-refractivity contribution in [3.05, 3.63) is 83.6 Å². The van der Waals surface area contributed by atoms with Gasteiger partial charge in [0, 0.05) is 17.5 Å². The molecule has 0 spiro atoms. The van der Waals surface area contributed by atoms with Crippen LogP contribution in [0.25, 0.3) is 28.4 Å². The third-order valence-corrected chi connectivity index (χ3v) is 15.1. The van der Waals surface area contributed by atoms with E-state index < -0.39 is 17.9 Å². The number of esters is 2. The molecule has 8 bridgehead atoms. The summed E-state index contributed by atoms with van der Waals surface area (Å²) in [5.41, 5.74) is 8.01. The molecule has 2 aromatic rings. The van der Waals surface area contributed by atoms with Gasteiger partial charge in [-0.1, -0.05) is 139 Å². The predicted octanol–water partition coefficient (Wildman–Crippen LogP) is 10.3. The Balaban J connectivity index is 0.00000817. The summed E-state index contributed by atoms with van der Waals surface area (Å²) in [6.07, 6.45) is 19.1. The number of allylic oxidation sites excluding steroid dienone is 3. The molecule has 1 fully saturated rings. The Morgan fingerprint density at radius 3 is 2.17 bits per heavy atom. The van der Waals surface area contributed by atoms with Gasteiger partial charge in [0.1, 0.15) is 12.5 Å². The number of hydrogen-bond acceptors (Lipinski definition) is 6. The van der Waals surface area contributed by atoms with Crippen molar-refractivity contribution in [2.24, 2.45) is 41.4 Å². The van der Waals surface area contributed by atoms with Crippen molar-refractivity contribution in [1.29, 1.82) is 0 Å². The molecule has 4 aliphatic rings. The van der Waals surface area contributed by atoms with Gasteiger partial charge in [-0.25, -0.2) is 0 Å². The Morgan fingerprint density at radius 1 is 0.864 bits per heavy atom. The summed E-state index contributed by atoms with van der Waals surface area (Å²) >= 11 is 0. The average molecular weight is 914 g/mol. The van der Waals surface area contributed by atoms with E-state index in [0.717, 1.165) is 59.2 Å². The fourth-order valence-corrected chi connectivity index (χ4v) is 11.0. The van der Waals surface area contributed by atoms with Crippen LogP contribution >= 0.6 is 0 Å². The quantitative estimate of drug-likeness (QED) is 0.0420. The number of rotatable bonds is 20. The zero-order valence-corrected chi connectivity index (χ0v) is 43.7. The Hall–Kier alpha value is -3.83. The van der Waals surface area contributed by atoms with Crippen LogP contribution < -0.4 is 20.7 Å². The molecule has 356 valence electrons. The van der Waals surface area contributed by atoms with Gasteiger partial charge in [-0.15, -0.1) is 34.2 Å². The van der Waals surface area contributed by atoms with Gasteiger partial charge in [-0.2, -0.15) is 11.4 Å². The van der Waals surface area contributed by atoms with Gasteiger partial charge in [0.25, 0.3) is 0 Å². The van der Waals surface area contributed by atoms with Crippen molar-refractivity contribution in [2.75, 3.05) is 13.7 Å². The molecule has 11 heteroatoms. The number of nitrogens with zero attached hydrogens (tertiary/aromatic N) is 4. The predicted molar refractivity (Wildman–Crippen MR) is 265 cm³/mol. The first-order chi connectivity index (χ1) is 30.9. The molecule has 0 aromatic carbocycles. The van der Waals surface area contributed by atoms with Gasteiger partial charge < -0.3 is 30.1 Å². The van der Waals surface area contributed by atoms with E-state index in [2.05, 4.69) is 55.4 Å². The van der Waals surface area contributed by atoms with Crippen LogP contribution in [-0.4, -0.2) is 72.4 Å². The fraction of sp³-hybridized carbons (Fsp3) is 0.636. The van der Waals surface area contributed by atoms with Crippen LogP contribution in [0.2, 0.25) is 0 Å². The Kier molecular flexibility index (Phi) is 18.9. The zero-order valence-electron chi connectivity index (χ0n) is 42.3. The van der Waals surface area contributed by atoms with E-state index in [1.165, 1.54) is 57.6 Å². The van der Waals surface area contributed by atoms with Gasteiger partial charge in [0.15, 0.2) is 11.6 Å². The van der Waals surface area contributed by atoms with Gasteiger partial charge in [0.05, 0.1) is 7.11 Å². The number of Topliss-reactive ketones (excluding diaryl/α,β-unsaturated/α-hetero) is 2. The number of aromatic nitrogens is 2. The second-order valence-electron chi connectivity index (χ2n) is 20.5. The van der Waals surface area contributed by atoms with Gasteiger partial charge >= 0.3 is 35.0 Å². The van der Waals surface area contributed by atoms with E-state index in [4.69, 9.17) is 30.1 Å². The fourth-order valence-electron chi connectivity index (χ4n) is 11.0. The molecule has 2 aromatic heterocycles. The Morgan fingerprint density at radius 2 is 1.53 bits per heavy atom. The molecule has 0 N–H and O–H groups in total. The summed E-state index contributed by atoms with van der Waals surface area (Å²) < 4.78 is 11.1. The molecule has 1 saturated heterocycles. The maximum absolute atomic E-state index is 14.4. The van der Waals surface area contributed by atoms with E-state index in [0.29, 0.717) is 57.5 Å². The van der Waals surface area contributed by atoms with Crippen LogP contribution in [-0.2, 0) is 25.5 Å². The largest absolute Gasteiger partial charge is 2.00 e. The number of methoxy groups -OCH3 is 1.